The van der Waals surface area contributed by atoms with Crippen LogP contribution in [-0.4, -0.2) is 23.4 Å². The first-order valence-electron chi connectivity index (χ1n) is 10.6. The fourth-order valence-electron chi connectivity index (χ4n) is 3.17. The van der Waals surface area contributed by atoms with Crippen molar-refractivity contribution in [1.82, 2.24) is 9.29 Å². The molecule has 3 aromatic carbocycles. The average Bonchev–Trinajstić information content (AvgIpc) is 2.84. The third-order valence-electron chi connectivity index (χ3n) is 4.68. The summed E-state index contributed by atoms with van der Waals surface area (Å²) in [5, 5.41) is 0. The fourth-order valence-corrected chi connectivity index (χ4v) is 4.71. The Labute approximate surface area is 253 Å². The molecule has 1 aromatic heterocycles. The zero-order valence-electron chi connectivity index (χ0n) is 19.6. The van der Waals surface area contributed by atoms with Crippen LogP contribution in [0.2, 0.25) is 0 Å². The number of hydrogen-bond donors (Lipinski definition) is 2. The average molecular weight is 512 g/mol. The zero-order valence-corrected chi connectivity index (χ0v) is 24.4. The molecule has 168 valence electrons. The van der Waals surface area contributed by atoms with Gasteiger partial charge in [0.25, 0.3) is 0 Å². The monoisotopic (exact) mass is 511 g/mol. The molecule has 0 spiro atoms. The second-order valence-electron chi connectivity index (χ2n) is 7.50. The maximum Gasteiger partial charge on any atom is 1.00 e. The zero-order chi connectivity index (χ0) is 22.9. The Morgan fingerprint density at radius 2 is 1.68 bits per heavy atom. The summed E-state index contributed by atoms with van der Waals surface area (Å²) in [5.41, 5.74) is 13.0. The van der Waals surface area contributed by atoms with E-state index in [1.165, 1.54) is 20.9 Å². The minimum absolute atomic E-state index is 0. The first kappa shape index (κ1) is 27.3. The number of anilines is 2. The van der Waals surface area contributed by atoms with Crippen LogP contribution in [0.5, 0.6) is 0 Å². The second-order valence-corrected chi connectivity index (χ2v) is 9.73. The standard InChI is InChI=1S/C26H26N5S2.K/c1-31(2)33-24-9-5-8-21(17-24)25-10-3-4-11-26(25)32-30-23-14-12-22(13-15-23)29-28-19-20-7-6-16-27-18-20;/h3-18,29-30H,19H2,1-2H3;/q-1;+1. The maximum atomic E-state index is 4.38. The van der Waals surface area contributed by atoms with Gasteiger partial charge >= 0.3 is 51.4 Å². The van der Waals surface area contributed by atoms with Crippen LogP contribution in [0.3, 0.4) is 0 Å². The number of hydrogen-bond acceptors (Lipinski definition) is 6. The number of aromatic nitrogens is 1. The van der Waals surface area contributed by atoms with Crippen LogP contribution in [0.15, 0.2) is 107 Å². The molecule has 1 heterocycles. The van der Waals surface area contributed by atoms with Crippen LogP contribution < -0.4 is 61.5 Å². The molecule has 0 saturated carbocycles. The van der Waals surface area contributed by atoms with Crippen molar-refractivity contribution in [2.45, 2.75) is 16.3 Å². The molecule has 0 radical (unpaired) electrons. The fraction of sp³-hybridized carbons (Fsp3) is 0.115. The van der Waals surface area contributed by atoms with Crippen molar-refractivity contribution in [3.05, 3.63) is 108 Å². The molecule has 5 nitrogen and oxygen atoms in total. The molecule has 0 aliphatic carbocycles. The van der Waals surface area contributed by atoms with E-state index in [1.807, 2.05) is 42.6 Å². The molecule has 0 saturated heterocycles. The Bertz CT molecular complexity index is 1160. The molecule has 0 fully saturated rings. The third kappa shape index (κ3) is 8.41. The van der Waals surface area contributed by atoms with E-state index < -0.39 is 0 Å². The van der Waals surface area contributed by atoms with Crippen LogP contribution in [0.25, 0.3) is 16.6 Å². The van der Waals surface area contributed by atoms with Gasteiger partial charge in [-0.05, 0) is 103 Å². The van der Waals surface area contributed by atoms with Crippen molar-refractivity contribution in [2.24, 2.45) is 0 Å². The molecule has 0 aliphatic rings. The Morgan fingerprint density at radius 1 is 0.882 bits per heavy atom. The summed E-state index contributed by atoms with van der Waals surface area (Å²) in [6.07, 6.45) is 3.59. The van der Waals surface area contributed by atoms with Crippen LogP contribution in [0, 0.1) is 0 Å². The summed E-state index contributed by atoms with van der Waals surface area (Å²) in [7, 11) is 4.11. The number of benzene rings is 3. The van der Waals surface area contributed by atoms with Gasteiger partial charge in [0, 0.05) is 33.6 Å². The van der Waals surface area contributed by atoms with Crippen molar-refractivity contribution in [3.63, 3.8) is 0 Å². The van der Waals surface area contributed by atoms with Crippen molar-refractivity contribution in [2.75, 3.05) is 24.2 Å². The van der Waals surface area contributed by atoms with E-state index in [9.17, 15) is 0 Å². The van der Waals surface area contributed by atoms with Crippen LogP contribution in [0.1, 0.15) is 5.56 Å². The molecule has 0 aliphatic heterocycles. The summed E-state index contributed by atoms with van der Waals surface area (Å²) in [6, 6.07) is 29.2. The molecule has 34 heavy (non-hydrogen) atoms. The molecule has 4 aromatic rings. The largest absolute Gasteiger partial charge is 1.00 e. The molecular formula is C26H26KN5S2. The molecule has 0 atom stereocenters. The predicted molar refractivity (Wildman–Crippen MR) is 142 cm³/mol. The summed E-state index contributed by atoms with van der Waals surface area (Å²) in [6.45, 7) is 0.578. The molecule has 0 bridgehead atoms. The first-order chi connectivity index (χ1) is 16.2. The van der Waals surface area contributed by atoms with E-state index in [-0.39, 0.29) is 51.4 Å². The first-order valence-corrected chi connectivity index (χ1v) is 12.2. The molecule has 4 rings (SSSR count). The SMILES string of the molecule is CN(C)Sc1cccc(-c2ccccc2SNc2ccc(N[N-]Cc3cccnc3)cc2)c1.[K+]. The van der Waals surface area contributed by atoms with Gasteiger partial charge in [0.05, 0.1) is 0 Å². The van der Waals surface area contributed by atoms with E-state index in [2.05, 4.69) is 87.5 Å². The van der Waals surface area contributed by atoms with Gasteiger partial charge in [0.15, 0.2) is 0 Å². The smallest absolute Gasteiger partial charge is 0.567 e. The number of nitrogens with one attached hydrogen (secondary N) is 2. The quantitative estimate of drug-likeness (QED) is 0.188. The van der Waals surface area contributed by atoms with E-state index in [1.54, 1.807) is 30.1 Å². The molecule has 2 N–H and O–H groups in total. The summed E-state index contributed by atoms with van der Waals surface area (Å²) >= 11 is 3.34. The minimum atomic E-state index is 0. The Hall–Kier alpha value is -1.33. The maximum absolute atomic E-state index is 4.38. The van der Waals surface area contributed by atoms with Gasteiger partial charge in [-0.2, -0.15) is 0 Å². The van der Waals surface area contributed by atoms with Crippen molar-refractivity contribution in [3.8, 4) is 11.1 Å². The summed E-state index contributed by atoms with van der Waals surface area (Å²) < 4.78 is 5.57. The van der Waals surface area contributed by atoms with Gasteiger partial charge in [0.2, 0.25) is 0 Å². The number of nitrogens with zero attached hydrogens (tertiary/aromatic N) is 3. The van der Waals surface area contributed by atoms with E-state index in [0.717, 1.165) is 16.9 Å². The van der Waals surface area contributed by atoms with Crippen molar-refractivity contribution >= 4 is 35.3 Å². The van der Waals surface area contributed by atoms with Crippen LogP contribution in [0.4, 0.5) is 11.4 Å². The summed E-state index contributed by atoms with van der Waals surface area (Å²) in [5.74, 6) is 0. The van der Waals surface area contributed by atoms with Crippen molar-refractivity contribution < 1.29 is 51.4 Å². The Morgan fingerprint density at radius 3 is 2.44 bits per heavy atom. The van der Waals surface area contributed by atoms with E-state index >= 15 is 0 Å². The predicted octanol–water partition coefficient (Wildman–Crippen LogP) is 4.34. The Balaban J connectivity index is 0.00000324. The van der Waals surface area contributed by atoms with E-state index in [4.69, 9.17) is 0 Å². The van der Waals surface area contributed by atoms with Crippen LogP contribution in [-0.2, 0) is 6.54 Å². The van der Waals surface area contributed by atoms with Gasteiger partial charge in [-0.3, -0.25) is 9.29 Å². The number of pyridine rings is 1. The summed E-state index contributed by atoms with van der Waals surface area (Å²) in [4.78, 5) is 6.51. The van der Waals surface area contributed by atoms with E-state index in [0.29, 0.717) is 6.54 Å². The van der Waals surface area contributed by atoms with Crippen molar-refractivity contribution in [1.29, 1.82) is 0 Å². The van der Waals surface area contributed by atoms with Gasteiger partial charge in [-0.15, -0.1) is 6.54 Å². The van der Waals surface area contributed by atoms with Gasteiger partial charge in [-0.25, -0.2) is 0 Å². The normalized spacial score (nSPS) is 10.6. The molecule has 0 amide bonds. The van der Waals surface area contributed by atoms with Gasteiger partial charge in [0.1, 0.15) is 0 Å². The van der Waals surface area contributed by atoms with Gasteiger partial charge < -0.3 is 15.6 Å². The molecule has 0 unspecified atom stereocenters. The third-order valence-corrected chi connectivity index (χ3v) is 6.42. The minimum Gasteiger partial charge on any atom is -0.567 e. The van der Waals surface area contributed by atoms with Crippen LogP contribution >= 0.6 is 23.9 Å². The number of rotatable bonds is 10. The molecule has 8 heteroatoms. The topological polar surface area (TPSA) is 54.3 Å². The van der Waals surface area contributed by atoms with Gasteiger partial charge in [-0.1, -0.05) is 36.4 Å². The second kappa shape index (κ2) is 14.3. The molecular weight excluding hydrogens is 486 g/mol. The Kier molecular flexibility index (Phi) is 11.4.